The van der Waals surface area contributed by atoms with E-state index in [1.165, 1.54) is 18.5 Å². The Balaban J connectivity index is 1.48. The molecule has 4 heteroatoms. The van der Waals surface area contributed by atoms with E-state index in [-0.39, 0.29) is 0 Å². The molecule has 1 N–H and O–H groups in total. The summed E-state index contributed by atoms with van der Waals surface area (Å²) in [5.41, 5.74) is 1.21. The summed E-state index contributed by atoms with van der Waals surface area (Å²) in [6.45, 7) is 1.02. The third kappa shape index (κ3) is 2.75. The molecule has 0 aliphatic heterocycles. The Morgan fingerprint density at radius 2 is 2.00 bits per heavy atom. The fraction of sp³-hybridized carbons (Fsp3) is 0.786. The number of imidazole rings is 1. The van der Waals surface area contributed by atoms with Crippen LogP contribution in [-0.4, -0.2) is 27.4 Å². The Hall–Kier alpha value is -0.870. The Morgan fingerprint density at radius 1 is 1.22 bits per heavy atom. The summed E-state index contributed by atoms with van der Waals surface area (Å²) in [5, 5.41) is 9.11. The lowest BCUT2D eigenvalue weighted by molar-refractivity contribution is -0.00127. The van der Waals surface area contributed by atoms with Crippen molar-refractivity contribution in [3.63, 3.8) is 0 Å². The minimum absolute atomic E-state index is 0.334. The van der Waals surface area contributed by atoms with Crippen LogP contribution in [0.1, 0.15) is 50.3 Å². The Morgan fingerprint density at radius 3 is 2.67 bits per heavy atom. The first-order valence-corrected chi connectivity index (χ1v) is 7.10. The van der Waals surface area contributed by atoms with E-state index in [9.17, 15) is 0 Å². The zero-order valence-electron chi connectivity index (χ0n) is 10.8. The highest BCUT2D eigenvalue weighted by Gasteiger charge is 2.26. The standard InChI is InChI=1S/C14H22N2O2/c17-8-11-1-5-14(6-2-11)18-9-13-7-15-10-16(13)12-3-4-12/h7,10-12,14,17H,1-6,8-9H2. The van der Waals surface area contributed by atoms with Crippen LogP contribution in [0.3, 0.4) is 0 Å². The van der Waals surface area contributed by atoms with Gasteiger partial charge in [0.25, 0.3) is 0 Å². The second-order valence-electron chi connectivity index (χ2n) is 5.66. The Kier molecular flexibility index (Phi) is 3.66. The van der Waals surface area contributed by atoms with Gasteiger partial charge in [-0.25, -0.2) is 4.98 Å². The summed E-state index contributed by atoms with van der Waals surface area (Å²) < 4.78 is 8.26. The molecule has 4 nitrogen and oxygen atoms in total. The molecule has 2 fully saturated rings. The van der Waals surface area contributed by atoms with Crippen molar-refractivity contribution in [1.29, 1.82) is 0 Å². The molecule has 0 atom stereocenters. The van der Waals surface area contributed by atoms with Crippen molar-refractivity contribution in [3.8, 4) is 0 Å². The summed E-state index contributed by atoms with van der Waals surface area (Å²) >= 11 is 0. The largest absolute Gasteiger partial charge is 0.396 e. The van der Waals surface area contributed by atoms with Crippen LogP contribution in [0.2, 0.25) is 0 Å². The second-order valence-corrected chi connectivity index (χ2v) is 5.66. The molecule has 3 rings (SSSR count). The van der Waals surface area contributed by atoms with Gasteiger partial charge in [0.1, 0.15) is 0 Å². The fourth-order valence-corrected chi connectivity index (χ4v) is 2.81. The maximum Gasteiger partial charge on any atom is 0.0951 e. The molecular formula is C14H22N2O2. The molecule has 0 bridgehead atoms. The van der Waals surface area contributed by atoms with E-state index in [1.54, 1.807) is 0 Å². The van der Waals surface area contributed by atoms with Gasteiger partial charge in [0, 0.05) is 12.6 Å². The third-order valence-corrected chi connectivity index (χ3v) is 4.21. The van der Waals surface area contributed by atoms with Crippen molar-refractivity contribution >= 4 is 0 Å². The van der Waals surface area contributed by atoms with Crippen LogP contribution in [0, 0.1) is 5.92 Å². The molecule has 18 heavy (non-hydrogen) atoms. The van der Waals surface area contributed by atoms with Gasteiger partial charge >= 0.3 is 0 Å². The molecular weight excluding hydrogens is 228 g/mol. The molecule has 100 valence electrons. The van der Waals surface area contributed by atoms with Gasteiger partial charge in [0.05, 0.1) is 30.9 Å². The van der Waals surface area contributed by atoms with Gasteiger partial charge in [0.15, 0.2) is 0 Å². The van der Waals surface area contributed by atoms with E-state index in [1.807, 2.05) is 12.5 Å². The monoisotopic (exact) mass is 250 g/mol. The average molecular weight is 250 g/mol. The number of aliphatic hydroxyl groups is 1. The van der Waals surface area contributed by atoms with Crippen molar-refractivity contribution in [2.75, 3.05) is 6.61 Å². The van der Waals surface area contributed by atoms with Crippen LogP contribution >= 0.6 is 0 Å². The van der Waals surface area contributed by atoms with E-state index in [2.05, 4.69) is 9.55 Å². The summed E-state index contributed by atoms with van der Waals surface area (Å²) in [6, 6.07) is 0.677. The second kappa shape index (κ2) is 5.41. The van der Waals surface area contributed by atoms with Crippen LogP contribution in [0.15, 0.2) is 12.5 Å². The molecule has 0 radical (unpaired) electrons. The van der Waals surface area contributed by atoms with Crippen LogP contribution in [0.25, 0.3) is 0 Å². The first kappa shape index (κ1) is 12.2. The molecule has 0 spiro atoms. The molecule has 0 amide bonds. The molecule has 1 aromatic heterocycles. The topological polar surface area (TPSA) is 47.3 Å². The number of aromatic nitrogens is 2. The van der Waals surface area contributed by atoms with E-state index in [0.717, 1.165) is 25.7 Å². The predicted molar refractivity (Wildman–Crippen MR) is 68.1 cm³/mol. The molecule has 0 saturated heterocycles. The third-order valence-electron chi connectivity index (χ3n) is 4.21. The van der Waals surface area contributed by atoms with Crippen LogP contribution in [-0.2, 0) is 11.3 Å². The maximum absolute atomic E-state index is 9.11. The Bertz CT molecular complexity index is 379. The lowest BCUT2D eigenvalue weighted by Crippen LogP contribution is -2.23. The molecule has 0 aromatic carbocycles. The molecule has 1 aromatic rings. The van der Waals surface area contributed by atoms with Crippen molar-refractivity contribution in [2.24, 2.45) is 5.92 Å². The number of rotatable bonds is 5. The summed E-state index contributed by atoms with van der Waals surface area (Å²) in [6.07, 6.45) is 11.2. The first-order valence-electron chi connectivity index (χ1n) is 7.10. The molecule has 1 heterocycles. The SMILES string of the molecule is OCC1CCC(OCc2cncn2C2CC2)CC1. The highest BCUT2D eigenvalue weighted by molar-refractivity contribution is 5.02. The van der Waals surface area contributed by atoms with Gasteiger partial charge in [-0.3, -0.25) is 0 Å². The maximum atomic E-state index is 9.11. The van der Waals surface area contributed by atoms with E-state index < -0.39 is 0 Å². The highest BCUT2D eigenvalue weighted by atomic mass is 16.5. The average Bonchev–Trinajstić information content (AvgIpc) is 3.16. The Labute approximate surface area is 108 Å². The van der Waals surface area contributed by atoms with E-state index >= 15 is 0 Å². The highest BCUT2D eigenvalue weighted by Crippen LogP contribution is 2.36. The number of hydrogen-bond donors (Lipinski definition) is 1. The van der Waals surface area contributed by atoms with Gasteiger partial charge in [-0.15, -0.1) is 0 Å². The smallest absolute Gasteiger partial charge is 0.0951 e. The van der Waals surface area contributed by atoms with Crippen LogP contribution < -0.4 is 0 Å². The minimum Gasteiger partial charge on any atom is -0.396 e. The lowest BCUT2D eigenvalue weighted by Gasteiger charge is -2.27. The molecule has 2 aliphatic rings. The first-order chi connectivity index (χ1) is 8.86. The molecule has 2 saturated carbocycles. The number of nitrogens with zero attached hydrogens (tertiary/aromatic N) is 2. The zero-order valence-corrected chi connectivity index (χ0v) is 10.8. The van der Waals surface area contributed by atoms with Crippen LogP contribution in [0.5, 0.6) is 0 Å². The van der Waals surface area contributed by atoms with Gasteiger partial charge in [-0.05, 0) is 44.4 Å². The number of ether oxygens (including phenoxy) is 1. The number of hydrogen-bond acceptors (Lipinski definition) is 3. The van der Waals surface area contributed by atoms with Crippen molar-refractivity contribution < 1.29 is 9.84 Å². The quantitative estimate of drug-likeness (QED) is 0.872. The number of aliphatic hydroxyl groups excluding tert-OH is 1. The van der Waals surface area contributed by atoms with E-state index in [0.29, 0.717) is 31.3 Å². The zero-order chi connectivity index (χ0) is 12.4. The minimum atomic E-state index is 0.334. The summed E-state index contributed by atoms with van der Waals surface area (Å²) in [4.78, 5) is 4.22. The molecule has 2 aliphatic carbocycles. The lowest BCUT2D eigenvalue weighted by atomic mass is 9.88. The van der Waals surface area contributed by atoms with Gasteiger partial charge in [0.2, 0.25) is 0 Å². The van der Waals surface area contributed by atoms with Gasteiger partial charge in [-0.2, -0.15) is 0 Å². The van der Waals surface area contributed by atoms with Crippen molar-refractivity contribution in [1.82, 2.24) is 9.55 Å². The predicted octanol–water partition coefficient (Wildman–Crippen LogP) is 2.29. The summed E-state index contributed by atoms with van der Waals surface area (Å²) in [7, 11) is 0. The van der Waals surface area contributed by atoms with Crippen LogP contribution in [0.4, 0.5) is 0 Å². The van der Waals surface area contributed by atoms with Gasteiger partial charge < -0.3 is 14.4 Å². The van der Waals surface area contributed by atoms with Crippen molar-refractivity contribution in [2.45, 2.75) is 57.3 Å². The summed E-state index contributed by atoms with van der Waals surface area (Å²) in [5.74, 6) is 0.502. The van der Waals surface area contributed by atoms with Crippen molar-refractivity contribution in [3.05, 3.63) is 18.2 Å². The normalized spacial score (nSPS) is 28.5. The fourth-order valence-electron chi connectivity index (χ4n) is 2.81. The molecule has 0 unspecified atom stereocenters. The van der Waals surface area contributed by atoms with Gasteiger partial charge in [-0.1, -0.05) is 0 Å². The van der Waals surface area contributed by atoms with E-state index in [4.69, 9.17) is 9.84 Å².